The molecule has 120 valence electrons. The summed E-state index contributed by atoms with van der Waals surface area (Å²) < 4.78 is 12.2. The highest BCUT2D eigenvalue weighted by Crippen LogP contribution is 2.19. The normalized spacial score (nSPS) is 11.0. The van der Waals surface area contributed by atoms with E-state index in [9.17, 15) is 4.79 Å². The van der Waals surface area contributed by atoms with Crippen molar-refractivity contribution in [2.45, 2.75) is 6.42 Å². The lowest BCUT2D eigenvalue weighted by molar-refractivity contribution is 0.0714. The molecule has 0 atom stereocenters. The van der Waals surface area contributed by atoms with Gasteiger partial charge in [-0.05, 0) is 5.56 Å². The Labute approximate surface area is 133 Å². The highest BCUT2D eigenvalue weighted by atomic mass is 16.5. The zero-order valence-electron chi connectivity index (χ0n) is 13.1. The van der Waals surface area contributed by atoms with Crippen LogP contribution in [0.4, 0.5) is 0 Å². The van der Waals surface area contributed by atoms with Crippen LogP contribution in [0.25, 0.3) is 5.84 Å². The second-order valence-electron chi connectivity index (χ2n) is 5.21. The third kappa shape index (κ3) is 3.09. The van der Waals surface area contributed by atoms with Crippen LogP contribution in [-0.2, 0) is 11.2 Å². The summed E-state index contributed by atoms with van der Waals surface area (Å²) in [7, 11) is 3.32. The molecule has 0 unspecified atom stereocenters. The first-order valence-electron chi connectivity index (χ1n) is 7.30. The molecule has 3 rings (SSSR count). The SMILES string of the molecule is COCCN(C)C(=O)c1oc2ncnn2c1Cc1ccccc1. The molecule has 0 saturated heterocycles. The number of aromatic nitrogens is 3. The van der Waals surface area contributed by atoms with Gasteiger partial charge in [-0.15, -0.1) is 0 Å². The Morgan fingerprint density at radius 1 is 1.35 bits per heavy atom. The van der Waals surface area contributed by atoms with Crippen molar-refractivity contribution in [1.82, 2.24) is 19.5 Å². The van der Waals surface area contributed by atoms with E-state index in [4.69, 9.17) is 9.15 Å². The topological polar surface area (TPSA) is 72.9 Å². The van der Waals surface area contributed by atoms with Gasteiger partial charge in [-0.2, -0.15) is 14.6 Å². The number of nitrogens with zero attached hydrogens (tertiary/aromatic N) is 4. The Morgan fingerprint density at radius 2 is 2.13 bits per heavy atom. The smallest absolute Gasteiger partial charge is 0.325 e. The number of oxazole rings is 1. The van der Waals surface area contributed by atoms with Crippen molar-refractivity contribution in [3.8, 4) is 0 Å². The van der Waals surface area contributed by atoms with Crippen LogP contribution in [0.1, 0.15) is 21.8 Å². The Morgan fingerprint density at radius 3 is 2.87 bits per heavy atom. The number of rotatable bonds is 6. The molecule has 0 N–H and O–H groups in total. The molecular weight excluding hydrogens is 296 g/mol. The van der Waals surface area contributed by atoms with E-state index in [1.807, 2.05) is 30.3 Å². The number of fused-ring (bicyclic) bond motifs is 1. The standard InChI is InChI=1S/C16H18N4O3/c1-19(8-9-22-2)15(21)14-13(10-12-6-4-3-5-7-12)20-16(23-14)17-11-18-20/h3-7,11H,8-10H2,1-2H3. The fourth-order valence-corrected chi connectivity index (χ4v) is 2.35. The van der Waals surface area contributed by atoms with Crippen LogP contribution in [0, 0.1) is 0 Å². The number of carbonyl (C=O) groups excluding carboxylic acids is 1. The van der Waals surface area contributed by atoms with Crippen molar-refractivity contribution < 1.29 is 13.9 Å². The van der Waals surface area contributed by atoms with E-state index in [1.54, 1.807) is 23.6 Å². The molecule has 1 amide bonds. The predicted octanol–water partition coefficient (Wildman–Crippen LogP) is 1.63. The van der Waals surface area contributed by atoms with Crippen molar-refractivity contribution in [2.75, 3.05) is 27.3 Å². The van der Waals surface area contributed by atoms with Gasteiger partial charge in [0.1, 0.15) is 12.0 Å². The Hall–Kier alpha value is -2.67. The van der Waals surface area contributed by atoms with Gasteiger partial charge in [0.15, 0.2) is 0 Å². The molecule has 2 aromatic heterocycles. The summed E-state index contributed by atoms with van der Waals surface area (Å²) >= 11 is 0. The van der Waals surface area contributed by atoms with Gasteiger partial charge in [-0.1, -0.05) is 30.3 Å². The van der Waals surface area contributed by atoms with Gasteiger partial charge in [-0.25, -0.2) is 0 Å². The molecule has 0 aliphatic carbocycles. The molecule has 0 aliphatic heterocycles. The third-order valence-electron chi connectivity index (χ3n) is 3.61. The number of likely N-dealkylation sites (N-methyl/N-ethyl adjacent to an activating group) is 1. The molecule has 23 heavy (non-hydrogen) atoms. The largest absolute Gasteiger partial charge is 0.416 e. The summed E-state index contributed by atoms with van der Waals surface area (Å²) in [6, 6.07) is 9.87. The van der Waals surface area contributed by atoms with Gasteiger partial charge in [0.25, 0.3) is 5.91 Å². The lowest BCUT2D eigenvalue weighted by Gasteiger charge is -2.15. The van der Waals surface area contributed by atoms with E-state index in [0.29, 0.717) is 31.1 Å². The first-order chi connectivity index (χ1) is 11.2. The Bertz CT molecular complexity index is 794. The number of methoxy groups -OCH3 is 1. The minimum Gasteiger partial charge on any atom is -0.416 e. The number of hydrogen-bond donors (Lipinski definition) is 0. The summed E-state index contributed by atoms with van der Waals surface area (Å²) in [6.45, 7) is 0.947. The van der Waals surface area contributed by atoms with E-state index >= 15 is 0 Å². The average Bonchev–Trinajstić information content (AvgIpc) is 3.15. The highest BCUT2D eigenvalue weighted by molar-refractivity contribution is 5.93. The maximum atomic E-state index is 12.6. The second-order valence-corrected chi connectivity index (χ2v) is 5.21. The van der Waals surface area contributed by atoms with Crippen LogP contribution in [0.3, 0.4) is 0 Å². The fourth-order valence-electron chi connectivity index (χ4n) is 2.35. The lowest BCUT2D eigenvalue weighted by atomic mass is 10.1. The third-order valence-corrected chi connectivity index (χ3v) is 3.61. The number of amides is 1. The van der Waals surface area contributed by atoms with E-state index < -0.39 is 0 Å². The van der Waals surface area contributed by atoms with Gasteiger partial charge >= 0.3 is 5.84 Å². The fraction of sp³-hybridized carbons (Fsp3) is 0.312. The molecule has 2 heterocycles. The van der Waals surface area contributed by atoms with E-state index in [0.717, 1.165) is 5.56 Å². The molecule has 0 aliphatic rings. The van der Waals surface area contributed by atoms with E-state index in [2.05, 4.69) is 10.1 Å². The summed E-state index contributed by atoms with van der Waals surface area (Å²) in [5.74, 6) is 0.378. The van der Waals surface area contributed by atoms with Gasteiger partial charge < -0.3 is 14.1 Å². The Kier molecular flexibility index (Phi) is 4.38. The van der Waals surface area contributed by atoms with Crippen LogP contribution in [0.15, 0.2) is 41.1 Å². The maximum Gasteiger partial charge on any atom is 0.325 e. The van der Waals surface area contributed by atoms with Crippen molar-refractivity contribution in [1.29, 1.82) is 0 Å². The average molecular weight is 314 g/mol. The number of benzene rings is 1. The van der Waals surface area contributed by atoms with Crippen molar-refractivity contribution in [3.63, 3.8) is 0 Å². The van der Waals surface area contributed by atoms with Gasteiger partial charge in [0, 0.05) is 27.1 Å². The van der Waals surface area contributed by atoms with Crippen molar-refractivity contribution in [3.05, 3.63) is 53.7 Å². The van der Waals surface area contributed by atoms with Gasteiger partial charge in [0.2, 0.25) is 5.76 Å². The van der Waals surface area contributed by atoms with Crippen molar-refractivity contribution in [2.24, 2.45) is 0 Å². The highest BCUT2D eigenvalue weighted by Gasteiger charge is 2.25. The quantitative estimate of drug-likeness (QED) is 0.691. The first-order valence-corrected chi connectivity index (χ1v) is 7.30. The van der Waals surface area contributed by atoms with Crippen LogP contribution >= 0.6 is 0 Å². The molecule has 0 fully saturated rings. The summed E-state index contributed by atoms with van der Waals surface area (Å²) in [6.07, 6.45) is 1.95. The zero-order chi connectivity index (χ0) is 16.2. The lowest BCUT2D eigenvalue weighted by Crippen LogP contribution is -2.30. The second kappa shape index (κ2) is 6.62. The summed E-state index contributed by atoms with van der Waals surface area (Å²) in [4.78, 5) is 18.2. The number of ether oxygens (including phenoxy) is 1. The summed E-state index contributed by atoms with van der Waals surface area (Å²) in [5, 5.41) is 4.16. The molecule has 0 bridgehead atoms. The molecule has 3 aromatic rings. The van der Waals surface area contributed by atoms with Crippen LogP contribution in [0.2, 0.25) is 0 Å². The van der Waals surface area contributed by atoms with Crippen molar-refractivity contribution >= 4 is 11.8 Å². The van der Waals surface area contributed by atoms with Crippen LogP contribution in [-0.4, -0.2) is 52.7 Å². The van der Waals surface area contributed by atoms with E-state index in [1.165, 1.54) is 6.33 Å². The van der Waals surface area contributed by atoms with Gasteiger partial charge in [-0.3, -0.25) is 4.79 Å². The molecule has 0 saturated carbocycles. The predicted molar refractivity (Wildman–Crippen MR) is 83.3 cm³/mol. The minimum absolute atomic E-state index is 0.208. The molecule has 0 spiro atoms. The minimum atomic E-state index is -0.208. The maximum absolute atomic E-state index is 12.6. The number of carbonyl (C=O) groups is 1. The Balaban J connectivity index is 1.95. The zero-order valence-corrected chi connectivity index (χ0v) is 13.1. The monoisotopic (exact) mass is 314 g/mol. The molecular formula is C16H18N4O3. The summed E-state index contributed by atoms with van der Waals surface area (Å²) in [5.41, 5.74) is 1.76. The molecule has 1 aromatic carbocycles. The van der Waals surface area contributed by atoms with E-state index in [-0.39, 0.29) is 11.7 Å². The van der Waals surface area contributed by atoms with Crippen LogP contribution < -0.4 is 0 Å². The molecule has 7 nitrogen and oxygen atoms in total. The first kappa shape index (κ1) is 15.2. The van der Waals surface area contributed by atoms with Gasteiger partial charge in [0.05, 0.1) is 6.61 Å². The number of hydrogen-bond acceptors (Lipinski definition) is 5. The molecule has 0 radical (unpaired) electrons. The molecule has 7 heteroatoms. The van der Waals surface area contributed by atoms with Crippen LogP contribution in [0.5, 0.6) is 0 Å².